The van der Waals surface area contributed by atoms with Crippen molar-refractivity contribution in [1.29, 1.82) is 0 Å². The Morgan fingerprint density at radius 1 is 1.07 bits per heavy atom. The summed E-state index contributed by atoms with van der Waals surface area (Å²) in [6.07, 6.45) is 4.83. The van der Waals surface area contributed by atoms with Crippen LogP contribution in [0.15, 0.2) is 29.2 Å². The van der Waals surface area contributed by atoms with E-state index in [9.17, 15) is 13.2 Å². The third-order valence-electron chi connectivity index (χ3n) is 5.48. The van der Waals surface area contributed by atoms with Crippen LogP contribution in [0, 0.1) is 0 Å². The highest BCUT2D eigenvalue weighted by molar-refractivity contribution is 7.89. The highest BCUT2D eigenvalue weighted by Gasteiger charge is 2.27. The number of likely N-dealkylation sites (tertiary alicyclic amines) is 1. The minimum Gasteiger partial charge on any atom is -0.379 e. The minimum absolute atomic E-state index is 0.0179. The number of amides is 1. The number of anilines is 1. The quantitative estimate of drug-likeness (QED) is 0.759. The molecular formula is C19H30N3O4S+. The van der Waals surface area contributed by atoms with Crippen LogP contribution in [-0.4, -0.2) is 64.1 Å². The number of carbonyl (C=O) groups excluding carboxylic acids is 1. The summed E-state index contributed by atoms with van der Waals surface area (Å²) in [5, 5.41) is 2.93. The summed E-state index contributed by atoms with van der Waals surface area (Å²) < 4.78 is 32.0. The van der Waals surface area contributed by atoms with Gasteiger partial charge in [0.1, 0.15) is 0 Å². The number of carbonyl (C=O) groups is 1. The Morgan fingerprint density at radius 3 is 2.26 bits per heavy atom. The van der Waals surface area contributed by atoms with Gasteiger partial charge in [0.15, 0.2) is 6.04 Å². The van der Waals surface area contributed by atoms with E-state index in [4.69, 9.17) is 4.74 Å². The van der Waals surface area contributed by atoms with Crippen molar-refractivity contribution < 1.29 is 22.8 Å². The lowest BCUT2D eigenvalue weighted by atomic mass is 10.2. The molecular weight excluding hydrogens is 366 g/mol. The van der Waals surface area contributed by atoms with E-state index in [1.165, 1.54) is 34.9 Å². The largest absolute Gasteiger partial charge is 0.379 e. The molecule has 0 bridgehead atoms. The number of nitrogens with zero attached hydrogens (tertiary/aromatic N) is 1. The fourth-order valence-corrected chi connectivity index (χ4v) is 5.11. The summed E-state index contributed by atoms with van der Waals surface area (Å²) in [6.45, 7) is 5.62. The molecule has 0 aliphatic carbocycles. The van der Waals surface area contributed by atoms with Gasteiger partial charge in [-0.15, -0.1) is 0 Å². The average Bonchev–Trinajstić information content (AvgIpc) is 2.98. The zero-order valence-electron chi connectivity index (χ0n) is 15.9. The summed E-state index contributed by atoms with van der Waals surface area (Å²) >= 11 is 0. The average molecular weight is 397 g/mol. The van der Waals surface area contributed by atoms with Crippen LogP contribution in [0.1, 0.15) is 32.6 Å². The van der Waals surface area contributed by atoms with Gasteiger partial charge in [-0.2, -0.15) is 4.31 Å². The predicted octanol–water partition coefficient (Wildman–Crippen LogP) is 0.493. The molecule has 0 unspecified atom stereocenters. The van der Waals surface area contributed by atoms with E-state index in [0.29, 0.717) is 32.0 Å². The standard InChI is InChI=1S/C19H29N3O4S/c1-16(21-10-4-2-3-5-11-21)19(23)20-17-6-8-18(9-7-17)27(24,25)22-12-14-26-15-13-22/h6-9,16H,2-5,10-15H2,1H3,(H,20,23)/p+1/t16-/m0/s1. The van der Waals surface area contributed by atoms with E-state index >= 15 is 0 Å². The summed E-state index contributed by atoms with van der Waals surface area (Å²) in [4.78, 5) is 14.2. The Bertz CT molecular complexity index is 722. The number of morpholine rings is 1. The van der Waals surface area contributed by atoms with Gasteiger partial charge >= 0.3 is 0 Å². The molecule has 7 nitrogen and oxygen atoms in total. The van der Waals surface area contributed by atoms with Gasteiger partial charge in [-0.25, -0.2) is 8.42 Å². The van der Waals surface area contributed by atoms with E-state index in [1.807, 2.05) is 6.92 Å². The second kappa shape index (κ2) is 9.14. The second-order valence-corrected chi connectivity index (χ2v) is 9.26. The van der Waals surface area contributed by atoms with E-state index in [-0.39, 0.29) is 16.8 Å². The van der Waals surface area contributed by atoms with E-state index in [1.54, 1.807) is 24.3 Å². The minimum atomic E-state index is -3.51. The van der Waals surface area contributed by atoms with Gasteiger partial charge in [0.2, 0.25) is 10.0 Å². The van der Waals surface area contributed by atoms with Crippen molar-refractivity contribution in [3.05, 3.63) is 24.3 Å². The maximum absolute atomic E-state index is 12.6. The number of ether oxygens (including phenoxy) is 1. The Labute approximate surface area is 161 Å². The molecule has 0 radical (unpaired) electrons. The molecule has 2 aliphatic heterocycles. The van der Waals surface area contributed by atoms with Crippen molar-refractivity contribution >= 4 is 21.6 Å². The monoisotopic (exact) mass is 396 g/mol. The Balaban J connectivity index is 1.62. The van der Waals surface area contributed by atoms with Crippen molar-refractivity contribution in [3.63, 3.8) is 0 Å². The number of sulfonamides is 1. The molecule has 1 aromatic carbocycles. The van der Waals surface area contributed by atoms with Crippen LogP contribution in [0.2, 0.25) is 0 Å². The first-order valence-electron chi connectivity index (χ1n) is 9.82. The van der Waals surface area contributed by atoms with Crippen LogP contribution in [0.4, 0.5) is 5.69 Å². The normalized spacial score (nSPS) is 21.4. The van der Waals surface area contributed by atoms with Crippen LogP contribution >= 0.6 is 0 Å². The number of quaternary nitrogens is 1. The summed E-state index contributed by atoms with van der Waals surface area (Å²) in [5.41, 5.74) is 0.627. The topological polar surface area (TPSA) is 80.2 Å². The summed E-state index contributed by atoms with van der Waals surface area (Å²) in [5.74, 6) is -0.0179. The van der Waals surface area contributed by atoms with Crippen LogP contribution in [0.25, 0.3) is 0 Å². The molecule has 2 heterocycles. The smallest absolute Gasteiger partial charge is 0.282 e. The molecule has 0 saturated carbocycles. The SMILES string of the molecule is C[C@@H](C(=O)Nc1ccc(S(=O)(=O)N2CCOCC2)cc1)[NH+]1CCCCCC1. The Morgan fingerprint density at radius 2 is 1.67 bits per heavy atom. The molecule has 27 heavy (non-hydrogen) atoms. The van der Waals surface area contributed by atoms with Crippen molar-refractivity contribution in [2.24, 2.45) is 0 Å². The molecule has 8 heteroatoms. The first-order chi connectivity index (χ1) is 13.0. The molecule has 1 aromatic rings. The predicted molar refractivity (Wildman–Crippen MR) is 103 cm³/mol. The van der Waals surface area contributed by atoms with Gasteiger partial charge in [-0.05, 0) is 56.9 Å². The molecule has 2 fully saturated rings. The van der Waals surface area contributed by atoms with Gasteiger partial charge in [0, 0.05) is 18.8 Å². The Kier molecular flexibility index (Phi) is 6.86. The van der Waals surface area contributed by atoms with Crippen LogP contribution in [0.5, 0.6) is 0 Å². The number of nitrogens with one attached hydrogen (secondary N) is 2. The van der Waals surface area contributed by atoms with Gasteiger partial charge < -0.3 is 15.0 Å². The molecule has 2 saturated heterocycles. The van der Waals surface area contributed by atoms with E-state index < -0.39 is 10.0 Å². The van der Waals surface area contributed by atoms with Crippen molar-refractivity contribution in [3.8, 4) is 0 Å². The third-order valence-corrected chi connectivity index (χ3v) is 7.39. The summed E-state index contributed by atoms with van der Waals surface area (Å²) in [7, 11) is -3.51. The number of hydrogen-bond acceptors (Lipinski definition) is 4. The second-order valence-electron chi connectivity index (χ2n) is 7.32. The first-order valence-corrected chi connectivity index (χ1v) is 11.3. The molecule has 0 spiro atoms. The zero-order valence-corrected chi connectivity index (χ0v) is 16.8. The maximum atomic E-state index is 12.6. The van der Waals surface area contributed by atoms with Gasteiger partial charge in [0.05, 0.1) is 31.2 Å². The van der Waals surface area contributed by atoms with Crippen molar-refractivity contribution in [2.75, 3.05) is 44.7 Å². The van der Waals surface area contributed by atoms with Gasteiger partial charge in [-0.3, -0.25) is 4.79 Å². The molecule has 2 N–H and O–H groups in total. The fraction of sp³-hybridized carbons (Fsp3) is 0.632. The van der Waals surface area contributed by atoms with Crippen molar-refractivity contribution in [2.45, 2.75) is 43.5 Å². The van der Waals surface area contributed by atoms with Gasteiger partial charge in [-0.1, -0.05) is 0 Å². The molecule has 0 aromatic heterocycles. The van der Waals surface area contributed by atoms with Crippen LogP contribution < -0.4 is 10.2 Å². The van der Waals surface area contributed by atoms with Crippen molar-refractivity contribution in [1.82, 2.24) is 4.31 Å². The number of hydrogen-bond donors (Lipinski definition) is 2. The van der Waals surface area contributed by atoms with Crippen LogP contribution in [0.3, 0.4) is 0 Å². The van der Waals surface area contributed by atoms with Gasteiger partial charge in [0.25, 0.3) is 5.91 Å². The number of rotatable bonds is 5. The van der Waals surface area contributed by atoms with E-state index in [0.717, 1.165) is 13.1 Å². The number of benzene rings is 1. The molecule has 1 amide bonds. The zero-order chi connectivity index (χ0) is 19.3. The van der Waals surface area contributed by atoms with Crippen LogP contribution in [-0.2, 0) is 19.6 Å². The lowest BCUT2D eigenvalue weighted by molar-refractivity contribution is -0.913. The highest BCUT2D eigenvalue weighted by Crippen LogP contribution is 2.19. The Hall–Kier alpha value is -1.48. The van der Waals surface area contributed by atoms with E-state index in [2.05, 4.69) is 5.32 Å². The maximum Gasteiger partial charge on any atom is 0.282 e. The summed E-state index contributed by atoms with van der Waals surface area (Å²) in [6, 6.07) is 6.33. The highest BCUT2D eigenvalue weighted by atomic mass is 32.2. The molecule has 150 valence electrons. The third kappa shape index (κ3) is 5.07. The first kappa shape index (κ1) is 20.3. The fourth-order valence-electron chi connectivity index (χ4n) is 3.70. The lowest BCUT2D eigenvalue weighted by Crippen LogP contribution is -3.16. The molecule has 3 rings (SSSR count). The molecule has 1 atom stereocenters. The molecule has 2 aliphatic rings. The lowest BCUT2D eigenvalue weighted by Gasteiger charge is -2.26.